The van der Waals surface area contributed by atoms with E-state index in [1.165, 1.54) is 17.7 Å². The van der Waals surface area contributed by atoms with Crippen molar-refractivity contribution < 1.29 is 27.4 Å². The van der Waals surface area contributed by atoms with E-state index in [0.717, 1.165) is 0 Å². The van der Waals surface area contributed by atoms with Crippen LogP contribution in [0.2, 0.25) is 0 Å². The SMILES string of the molecule is COCC(=O)N1CCOC2(COCCN(S(C)(=O)=O)C2)C1. The molecule has 0 aromatic heterocycles. The zero-order chi connectivity index (χ0) is 15.5. The van der Waals surface area contributed by atoms with Gasteiger partial charge in [0, 0.05) is 26.7 Å². The molecule has 1 spiro atoms. The van der Waals surface area contributed by atoms with Crippen LogP contribution in [0.5, 0.6) is 0 Å². The maximum atomic E-state index is 12.0. The Hall–Kier alpha value is -0.740. The van der Waals surface area contributed by atoms with Crippen LogP contribution in [-0.2, 0) is 29.0 Å². The molecule has 0 radical (unpaired) electrons. The highest BCUT2D eigenvalue weighted by atomic mass is 32.2. The minimum Gasteiger partial charge on any atom is -0.377 e. The molecule has 0 N–H and O–H groups in total. The highest BCUT2D eigenvalue weighted by molar-refractivity contribution is 7.88. The first-order valence-electron chi connectivity index (χ1n) is 6.80. The Morgan fingerprint density at radius 3 is 2.71 bits per heavy atom. The van der Waals surface area contributed by atoms with Crippen molar-refractivity contribution in [2.24, 2.45) is 0 Å². The van der Waals surface area contributed by atoms with E-state index in [2.05, 4.69) is 0 Å². The van der Waals surface area contributed by atoms with Gasteiger partial charge in [0.2, 0.25) is 15.9 Å². The molecule has 2 rings (SSSR count). The quantitative estimate of drug-likeness (QED) is 0.630. The fourth-order valence-electron chi connectivity index (χ4n) is 2.61. The first-order chi connectivity index (χ1) is 9.86. The van der Waals surface area contributed by atoms with Crippen molar-refractivity contribution in [1.29, 1.82) is 0 Å². The van der Waals surface area contributed by atoms with Crippen molar-refractivity contribution in [3.05, 3.63) is 0 Å². The number of amides is 1. The molecule has 1 unspecified atom stereocenters. The molecule has 1 amide bonds. The van der Waals surface area contributed by atoms with E-state index in [9.17, 15) is 13.2 Å². The predicted molar refractivity (Wildman–Crippen MR) is 74.4 cm³/mol. The average molecular weight is 322 g/mol. The Morgan fingerprint density at radius 2 is 2.05 bits per heavy atom. The number of ether oxygens (including phenoxy) is 3. The van der Waals surface area contributed by atoms with Gasteiger partial charge in [-0.25, -0.2) is 8.42 Å². The molecular weight excluding hydrogens is 300 g/mol. The Kier molecular flexibility index (Phi) is 5.20. The summed E-state index contributed by atoms with van der Waals surface area (Å²) >= 11 is 0. The van der Waals surface area contributed by atoms with Gasteiger partial charge in [0.15, 0.2) is 0 Å². The first kappa shape index (κ1) is 16.6. The maximum absolute atomic E-state index is 12.0. The van der Waals surface area contributed by atoms with Gasteiger partial charge in [-0.2, -0.15) is 4.31 Å². The molecular formula is C12H22N2O6S. The molecule has 9 heteroatoms. The molecule has 2 fully saturated rings. The van der Waals surface area contributed by atoms with Gasteiger partial charge in [0.05, 0.1) is 32.6 Å². The van der Waals surface area contributed by atoms with Gasteiger partial charge >= 0.3 is 0 Å². The van der Waals surface area contributed by atoms with Crippen molar-refractivity contribution in [2.75, 3.05) is 66.0 Å². The molecule has 2 aliphatic rings. The topological polar surface area (TPSA) is 85.4 Å². The summed E-state index contributed by atoms with van der Waals surface area (Å²) in [5.41, 5.74) is -0.804. The largest absolute Gasteiger partial charge is 0.377 e. The summed E-state index contributed by atoms with van der Waals surface area (Å²) in [7, 11) is -1.86. The van der Waals surface area contributed by atoms with Crippen molar-refractivity contribution in [3.8, 4) is 0 Å². The summed E-state index contributed by atoms with van der Waals surface area (Å²) in [4.78, 5) is 13.6. The van der Waals surface area contributed by atoms with Crippen molar-refractivity contribution in [3.63, 3.8) is 0 Å². The highest BCUT2D eigenvalue weighted by Crippen LogP contribution is 2.23. The molecule has 8 nitrogen and oxygen atoms in total. The highest BCUT2D eigenvalue weighted by Gasteiger charge is 2.43. The van der Waals surface area contributed by atoms with E-state index in [1.807, 2.05) is 0 Å². The van der Waals surface area contributed by atoms with Crippen LogP contribution in [0.3, 0.4) is 0 Å². The van der Waals surface area contributed by atoms with Crippen LogP contribution in [0.25, 0.3) is 0 Å². The van der Waals surface area contributed by atoms with Gasteiger partial charge in [-0.15, -0.1) is 0 Å². The van der Waals surface area contributed by atoms with Crippen LogP contribution < -0.4 is 0 Å². The Balaban J connectivity index is 2.13. The lowest BCUT2D eigenvalue weighted by molar-refractivity contribution is -0.162. The van der Waals surface area contributed by atoms with Crippen molar-refractivity contribution >= 4 is 15.9 Å². The number of rotatable bonds is 3. The number of hydrogen-bond donors (Lipinski definition) is 0. The molecule has 2 saturated heterocycles. The van der Waals surface area contributed by atoms with Gasteiger partial charge in [0.25, 0.3) is 0 Å². The normalized spacial score (nSPS) is 28.6. The monoisotopic (exact) mass is 322 g/mol. The number of sulfonamides is 1. The molecule has 2 aliphatic heterocycles. The van der Waals surface area contributed by atoms with Gasteiger partial charge in [-0.3, -0.25) is 4.79 Å². The minimum absolute atomic E-state index is 0.00667. The lowest BCUT2D eigenvalue weighted by atomic mass is 10.0. The van der Waals surface area contributed by atoms with Gasteiger partial charge < -0.3 is 19.1 Å². The van der Waals surface area contributed by atoms with E-state index in [0.29, 0.717) is 32.8 Å². The van der Waals surface area contributed by atoms with Gasteiger partial charge in [0.1, 0.15) is 12.2 Å². The van der Waals surface area contributed by atoms with Gasteiger partial charge in [-0.1, -0.05) is 0 Å². The molecule has 1 atom stereocenters. The predicted octanol–water partition coefficient (Wildman–Crippen LogP) is -1.48. The van der Waals surface area contributed by atoms with Crippen LogP contribution in [0.15, 0.2) is 0 Å². The second-order valence-electron chi connectivity index (χ2n) is 5.43. The minimum atomic E-state index is -3.33. The molecule has 21 heavy (non-hydrogen) atoms. The molecule has 0 bridgehead atoms. The summed E-state index contributed by atoms with van der Waals surface area (Å²) in [5.74, 6) is -0.129. The second-order valence-corrected chi connectivity index (χ2v) is 7.41. The van der Waals surface area contributed by atoms with Crippen LogP contribution in [-0.4, -0.2) is 95.1 Å². The molecule has 122 valence electrons. The Bertz CT molecular complexity index is 482. The third-order valence-corrected chi connectivity index (χ3v) is 4.90. The van der Waals surface area contributed by atoms with Gasteiger partial charge in [-0.05, 0) is 0 Å². The molecule has 0 saturated carbocycles. The summed E-state index contributed by atoms with van der Waals surface area (Å²) in [6, 6.07) is 0. The fourth-order valence-corrected chi connectivity index (χ4v) is 3.49. The van der Waals surface area contributed by atoms with Crippen LogP contribution in [0.1, 0.15) is 0 Å². The third-order valence-electron chi connectivity index (χ3n) is 3.65. The fraction of sp³-hybridized carbons (Fsp3) is 0.917. The zero-order valence-corrected chi connectivity index (χ0v) is 13.2. The smallest absolute Gasteiger partial charge is 0.248 e. The number of carbonyl (C=O) groups is 1. The summed E-state index contributed by atoms with van der Waals surface area (Å²) in [6.45, 7) is 2.24. The van der Waals surface area contributed by atoms with E-state index >= 15 is 0 Å². The average Bonchev–Trinajstić information content (AvgIpc) is 2.62. The molecule has 0 aromatic rings. The van der Waals surface area contributed by atoms with Crippen LogP contribution >= 0.6 is 0 Å². The van der Waals surface area contributed by atoms with Crippen molar-refractivity contribution in [1.82, 2.24) is 9.21 Å². The number of hydrogen-bond acceptors (Lipinski definition) is 6. The lowest BCUT2D eigenvalue weighted by Crippen LogP contribution is -2.60. The third kappa shape index (κ3) is 4.13. The Labute approximate surface area is 125 Å². The van der Waals surface area contributed by atoms with E-state index < -0.39 is 15.6 Å². The standard InChI is InChI=1S/C12H22N2O6S/c1-18-7-11(15)13-3-6-20-12(8-13)9-14(21(2,16)17)4-5-19-10-12/h3-10H2,1-2H3. The zero-order valence-electron chi connectivity index (χ0n) is 12.4. The van der Waals surface area contributed by atoms with Crippen molar-refractivity contribution in [2.45, 2.75) is 5.60 Å². The molecule has 0 aliphatic carbocycles. The summed E-state index contributed by atoms with van der Waals surface area (Å²) in [6.07, 6.45) is 1.17. The summed E-state index contributed by atoms with van der Waals surface area (Å²) < 4.78 is 41.1. The first-order valence-corrected chi connectivity index (χ1v) is 8.65. The number of nitrogens with zero attached hydrogens (tertiary/aromatic N) is 2. The Morgan fingerprint density at radius 1 is 1.29 bits per heavy atom. The van der Waals surface area contributed by atoms with Crippen LogP contribution in [0.4, 0.5) is 0 Å². The van der Waals surface area contributed by atoms with E-state index in [1.54, 1.807) is 4.90 Å². The molecule has 2 heterocycles. The lowest BCUT2D eigenvalue weighted by Gasteiger charge is -2.42. The maximum Gasteiger partial charge on any atom is 0.248 e. The number of morpholine rings is 1. The number of carbonyl (C=O) groups excluding carboxylic acids is 1. The van der Waals surface area contributed by atoms with E-state index in [4.69, 9.17) is 14.2 Å². The second kappa shape index (κ2) is 6.57. The number of methoxy groups -OCH3 is 1. The molecule has 0 aromatic carbocycles. The summed E-state index contributed by atoms with van der Waals surface area (Å²) in [5, 5.41) is 0. The van der Waals surface area contributed by atoms with Crippen LogP contribution in [0, 0.1) is 0 Å². The van der Waals surface area contributed by atoms with E-state index in [-0.39, 0.29) is 25.7 Å².